The third-order valence-electron chi connectivity index (χ3n) is 5.58. The van der Waals surface area contributed by atoms with Crippen LogP contribution < -0.4 is 0 Å². The van der Waals surface area contributed by atoms with Crippen molar-refractivity contribution >= 4 is 21.4 Å². The van der Waals surface area contributed by atoms with Gasteiger partial charge in [0.05, 0.1) is 0 Å². The Bertz CT molecular complexity index is 670. The maximum absolute atomic E-state index is 13.1. The minimum atomic E-state index is -3.35. The van der Waals surface area contributed by atoms with Crippen LogP contribution in [-0.2, 0) is 14.8 Å². The van der Waals surface area contributed by atoms with E-state index < -0.39 is 10.0 Å². The summed E-state index contributed by atoms with van der Waals surface area (Å²) in [5.74, 6) is 0. The first-order valence-electron chi connectivity index (χ1n) is 9.22. The summed E-state index contributed by atoms with van der Waals surface area (Å²) >= 11 is 1.35. The highest BCUT2D eigenvalue weighted by Crippen LogP contribution is 2.40. The van der Waals surface area contributed by atoms with Crippen LogP contribution in [0, 0.1) is 12.3 Å². The molecular weight excluding hydrogens is 356 g/mol. The van der Waals surface area contributed by atoms with Gasteiger partial charge in [0.1, 0.15) is 4.21 Å². The van der Waals surface area contributed by atoms with E-state index >= 15 is 0 Å². The summed E-state index contributed by atoms with van der Waals surface area (Å²) in [6.07, 6.45) is 5.46. The monoisotopic (exact) mass is 386 g/mol. The van der Waals surface area contributed by atoms with Gasteiger partial charge in [0.15, 0.2) is 0 Å². The van der Waals surface area contributed by atoms with E-state index in [9.17, 15) is 8.42 Å². The molecule has 0 saturated carbocycles. The summed E-state index contributed by atoms with van der Waals surface area (Å²) in [4.78, 5) is 2.51. The third kappa shape index (κ3) is 4.27. The van der Waals surface area contributed by atoms with E-state index in [4.69, 9.17) is 4.74 Å². The fraction of sp³-hybridized carbons (Fsp3) is 0.778. The summed E-state index contributed by atoms with van der Waals surface area (Å²) in [5.41, 5.74) is 0.997. The number of hydrogen-bond donors (Lipinski definition) is 0. The molecule has 5 nitrogen and oxygen atoms in total. The Balaban J connectivity index is 1.71. The van der Waals surface area contributed by atoms with Gasteiger partial charge in [-0.2, -0.15) is 4.31 Å². The lowest BCUT2D eigenvalue weighted by molar-refractivity contribution is 0.0360. The van der Waals surface area contributed by atoms with Crippen LogP contribution in [0.5, 0.6) is 0 Å². The van der Waals surface area contributed by atoms with Crippen molar-refractivity contribution in [2.75, 3.05) is 46.4 Å². The SMILES string of the molecule is COCCCN1CCCC2(CCCN(S(=O)(=O)c3sccc3C)C2)C1. The minimum Gasteiger partial charge on any atom is -0.385 e. The number of piperidine rings is 2. The number of aryl methyl sites for hydroxylation is 1. The molecule has 0 aliphatic carbocycles. The number of thiophene rings is 1. The molecule has 1 aromatic heterocycles. The Hall–Kier alpha value is -0.470. The number of hydrogen-bond acceptors (Lipinski definition) is 5. The van der Waals surface area contributed by atoms with Gasteiger partial charge in [-0.15, -0.1) is 11.3 Å². The van der Waals surface area contributed by atoms with Gasteiger partial charge in [0.2, 0.25) is 0 Å². The summed E-state index contributed by atoms with van der Waals surface area (Å²) in [7, 11) is -1.61. The van der Waals surface area contributed by atoms with Crippen LogP contribution in [-0.4, -0.2) is 64.1 Å². The van der Waals surface area contributed by atoms with Crippen LogP contribution in [0.2, 0.25) is 0 Å². The molecule has 3 rings (SSSR count). The van der Waals surface area contributed by atoms with E-state index in [1.54, 1.807) is 11.4 Å². The van der Waals surface area contributed by atoms with E-state index in [0.717, 1.165) is 57.5 Å². The van der Waals surface area contributed by atoms with Crippen LogP contribution in [0.25, 0.3) is 0 Å². The molecule has 0 N–H and O–H groups in total. The average molecular weight is 387 g/mol. The van der Waals surface area contributed by atoms with Crippen molar-refractivity contribution in [3.05, 3.63) is 17.0 Å². The van der Waals surface area contributed by atoms with E-state index in [1.165, 1.54) is 17.8 Å². The van der Waals surface area contributed by atoms with Crippen molar-refractivity contribution in [1.29, 1.82) is 0 Å². The maximum atomic E-state index is 13.1. The zero-order valence-electron chi connectivity index (χ0n) is 15.4. The lowest BCUT2D eigenvalue weighted by Gasteiger charge is -2.48. The Labute approximate surface area is 156 Å². The molecule has 2 aliphatic rings. The van der Waals surface area contributed by atoms with Crippen molar-refractivity contribution in [2.24, 2.45) is 5.41 Å². The Morgan fingerprint density at radius 3 is 2.68 bits per heavy atom. The zero-order valence-corrected chi connectivity index (χ0v) is 17.0. The van der Waals surface area contributed by atoms with E-state index in [2.05, 4.69) is 4.90 Å². The molecule has 25 heavy (non-hydrogen) atoms. The van der Waals surface area contributed by atoms with Gasteiger partial charge in [0.25, 0.3) is 10.0 Å². The number of methoxy groups -OCH3 is 1. The molecule has 2 aliphatic heterocycles. The smallest absolute Gasteiger partial charge is 0.252 e. The van der Waals surface area contributed by atoms with Gasteiger partial charge in [-0.1, -0.05) is 0 Å². The van der Waals surface area contributed by atoms with Crippen LogP contribution >= 0.6 is 11.3 Å². The first kappa shape index (κ1) is 19.3. The van der Waals surface area contributed by atoms with Gasteiger partial charge < -0.3 is 9.64 Å². The minimum absolute atomic E-state index is 0.127. The molecule has 2 fully saturated rings. The van der Waals surface area contributed by atoms with Crippen molar-refractivity contribution in [3.63, 3.8) is 0 Å². The topological polar surface area (TPSA) is 49.9 Å². The largest absolute Gasteiger partial charge is 0.385 e. The Morgan fingerprint density at radius 1 is 1.24 bits per heavy atom. The second kappa shape index (κ2) is 8.05. The van der Waals surface area contributed by atoms with Crippen LogP contribution in [0.3, 0.4) is 0 Å². The van der Waals surface area contributed by atoms with E-state index in [0.29, 0.717) is 17.3 Å². The normalized spacial score (nSPS) is 26.3. The van der Waals surface area contributed by atoms with E-state index in [-0.39, 0.29) is 5.41 Å². The highest BCUT2D eigenvalue weighted by atomic mass is 32.2. The summed E-state index contributed by atoms with van der Waals surface area (Å²) < 4.78 is 33.6. The lowest BCUT2D eigenvalue weighted by Crippen LogP contribution is -2.53. The molecule has 0 radical (unpaired) electrons. The quantitative estimate of drug-likeness (QED) is 0.706. The summed E-state index contributed by atoms with van der Waals surface area (Å²) in [5, 5.41) is 1.88. The van der Waals surface area contributed by atoms with Crippen molar-refractivity contribution in [1.82, 2.24) is 9.21 Å². The summed E-state index contributed by atoms with van der Waals surface area (Å²) in [6.45, 7) is 7.21. The molecule has 142 valence electrons. The van der Waals surface area contributed by atoms with Crippen molar-refractivity contribution < 1.29 is 13.2 Å². The lowest BCUT2D eigenvalue weighted by atomic mass is 9.74. The number of sulfonamides is 1. The highest BCUT2D eigenvalue weighted by Gasteiger charge is 2.42. The van der Waals surface area contributed by atoms with Crippen molar-refractivity contribution in [2.45, 2.75) is 43.2 Å². The number of nitrogens with zero attached hydrogens (tertiary/aromatic N) is 2. The summed E-state index contributed by atoms with van der Waals surface area (Å²) in [6, 6.07) is 1.90. The molecule has 3 heterocycles. The van der Waals surface area contributed by atoms with Crippen LogP contribution in [0.15, 0.2) is 15.7 Å². The van der Waals surface area contributed by atoms with Gasteiger partial charge in [-0.05, 0) is 68.0 Å². The van der Waals surface area contributed by atoms with Crippen LogP contribution in [0.1, 0.15) is 37.7 Å². The molecule has 1 aromatic rings. The zero-order chi connectivity index (χ0) is 17.9. The Morgan fingerprint density at radius 2 is 2.00 bits per heavy atom. The number of likely N-dealkylation sites (tertiary alicyclic amines) is 1. The van der Waals surface area contributed by atoms with Gasteiger partial charge in [0, 0.05) is 39.9 Å². The van der Waals surface area contributed by atoms with E-state index in [1.807, 2.05) is 18.4 Å². The Kier molecular flexibility index (Phi) is 6.21. The molecule has 7 heteroatoms. The molecule has 1 atom stereocenters. The van der Waals surface area contributed by atoms with Gasteiger partial charge in [-0.3, -0.25) is 0 Å². The predicted molar refractivity (Wildman–Crippen MR) is 102 cm³/mol. The molecule has 0 aromatic carbocycles. The van der Waals surface area contributed by atoms with Gasteiger partial charge in [-0.25, -0.2) is 8.42 Å². The number of rotatable bonds is 6. The first-order valence-corrected chi connectivity index (χ1v) is 11.5. The fourth-order valence-corrected chi connectivity index (χ4v) is 7.52. The third-order valence-corrected chi connectivity index (χ3v) is 9.09. The van der Waals surface area contributed by atoms with Crippen LogP contribution in [0.4, 0.5) is 0 Å². The molecule has 1 spiro atoms. The standard InChI is InChI=1S/C18H30N2O3S2/c1-16-6-13-24-17(16)25(21,22)20-11-4-8-18(15-20)7-3-9-19(14-18)10-5-12-23-2/h6,13H,3-5,7-12,14-15H2,1-2H3. The highest BCUT2D eigenvalue weighted by molar-refractivity contribution is 7.91. The maximum Gasteiger partial charge on any atom is 0.252 e. The second-order valence-electron chi connectivity index (χ2n) is 7.56. The molecule has 0 amide bonds. The second-order valence-corrected chi connectivity index (χ2v) is 10.6. The van der Waals surface area contributed by atoms with Gasteiger partial charge >= 0.3 is 0 Å². The first-order chi connectivity index (χ1) is 12.0. The van der Waals surface area contributed by atoms with Crippen molar-refractivity contribution in [3.8, 4) is 0 Å². The molecule has 0 bridgehead atoms. The fourth-order valence-electron chi connectivity index (χ4n) is 4.37. The molecular formula is C18H30N2O3S2. The predicted octanol–water partition coefficient (Wildman–Crippen LogP) is 2.96. The molecule has 1 unspecified atom stereocenters. The average Bonchev–Trinajstić information content (AvgIpc) is 3.02. The molecule has 2 saturated heterocycles. The number of ether oxygens (including phenoxy) is 1.